The van der Waals surface area contributed by atoms with Crippen molar-refractivity contribution in [2.24, 2.45) is 0 Å². The Hall–Kier alpha value is -2.13. The number of carbonyl (C=O) groups excluding carboxylic acids is 1. The van der Waals surface area contributed by atoms with Gasteiger partial charge in [-0.3, -0.25) is 4.79 Å². The summed E-state index contributed by atoms with van der Waals surface area (Å²) < 4.78 is 0. The molecule has 1 aliphatic carbocycles. The largest absolute Gasteiger partial charge is 0.367 e. The van der Waals surface area contributed by atoms with Gasteiger partial charge in [0, 0.05) is 49.0 Å². The van der Waals surface area contributed by atoms with Gasteiger partial charge in [0.15, 0.2) is 5.78 Å². The second-order valence-corrected chi connectivity index (χ2v) is 7.37. The molecule has 0 amide bonds. The summed E-state index contributed by atoms with van der Waals surface area (Å²) in [6, 6.07) is 13.4. The van der Waals surface area contributed by atoms with E-state index in [1.807, 2.05) is 13.0 Å². The van der Waals surface area contributed by atoms with Crippen LogP contribution in [0.4, 0.5) is 5.69 Å². The Labute approximate surface area is 142 Å². The first-order chi connectivity index (χ1) is 11.7. The van der Waals surface area contributed by atoms with E-state index in [4.69, 9.17) is 0 Å². The summed E-state index contributed by atoms with van der Waals surface area (Å²) in [5, 5.41) is 0. The van der Waals surface area contributed by atoms with E-state index in [-0.39, 0.29) is 5.78 Å². The minimum atomic E-state index is 0.188. The zero-order valence-corrected chi connectivity index (χ0v) is 14.1. The molecule has 0 atom stereocenters. The van der Waals surface area contributed by atoms with Crippen molar-refractivity contribution in [3.63, 3.8) is 0 Å². The number of piperidine rings is 1. The first kappa shape index (κ1) is 14.2. The van der Waals surface area contributed by atoms with Gasteiger partial charge in [-0.15, -0.1) is 0 Å². The molecule has 0 aromatic heterocycles. The maximum atomic E-state index is 12.9. The molecule has 24 heavy (non-hydrogen) atoms. The lowest BCUT2D eigenvalue weighted by Gasteiger charge is -2.33. The lowest BCUT2D eigenvalue weighted by atomic mass is 10.0. The number of hydrogen-bond acceptors (Lipinski definition) is 3. The molecule has 6 rings (SSSR count). The first-order valence-corrected chi connectivity index (χ1v) is 8.99. The zero-order chi connectivity index (χ0) is 16.3. The Morgan fingerprint density at radius 3 is 2.33 bits per heavy atom. The Kier molecular flexibility index (Phi) is 3.07. The number of aryl methyl sites for hydroxylation is 1. The van der Waals surface area contributed by atoms with E-state index < -0.39 is 0 Å². The van der Waals surface area contributed by atoms with E-state index in [0.29, 0.717) is 6.04 Å². The van der Waals surface area contributed by atoms with Crippen LogP contribution in [0.25, 0.3) is 11.1 Å². The van der Waals surface area contributed by atoms with Gasteiger partial charge in [-0.05, 0) is 49.1 Å². The van der Waals surface area contributed by atoms with Crippen LogP contribution in [0.5, 0.6) is 0 Å². The second-order valence-electron chi connectivity index (χ2n) is 7.37. The van der Waals surface area contributed by atoms with Crippen LogP contribution in [0, 0.1) is 6.92 Å². The van der Waals surface area contributed by atoms with E-state index in [1.165, 1.54) is 31.6 Å². The van der Waals surface area contributed by atoms with Crippen molar-refractivity contribution in [2.45, 2.75) is 25.8 Å². The lowest BCUT2D eigenvalue weighted by Crippen LogP contribution is -2.37. The van der Waals surface area contributed by atoms with Crippen molar-refractivity contribution in [3.8, 4) is 11.1 Å². The van der Waals surface area contributed by atoms with Gasteiger partial charge in [0.25, 0.3) is 0 Å². The van der Waals surface area contributed by atoms with E-state index in [9.17, 15) is 4.79 Å². The molecule has 0 N–H and O–H groups in total. The highest BCUT2D eigenvalue weighted by Crippen LogP contribution is 2.39. The van der Waals surface area contributed by atoms with E-state index >= 15 is 0 Å². The number of rotatable bonds is 1. The van der Waals surface area contributed by atoms with Crippen LogP contribution in [-0.4, -0.2) is 42.9 Å². The molecule has 0 unspecified atom stereocenters. The van der Waals surface area contributed by atoms with Crippen LogP contribution in [-0.2, 0) is 0 Å². The smallest absolute Gasteiger partial charge is 0.194 e. The summed E-state index contributed by atoms with van der Waals surface area (Å²) in [4.78, 5) is 18.0. The highest BCUT2D eigenvalue weighted by Gasteiger charge is 2.31. The molecule has 0 radical (unpaired) electrons. The summed E-state index contributed by atoms with van der Waals surface area (Å²) in [6.45, 7) is 6.70. The summed E-state index contributed by atoms with van der Waals surface area (Å²) in [6.07, 6.45) is 2.48. The van der Waals surface area contributed by atoms with E-state index in [1.54, 1.807) is 0 Å². The van der Waals surface area contributed by atoms with Crippen molar-refractivity contribution in [1.29, 1.82) is 0 Å². The molecular weight excluding hydrogens is 296 g/mol. The molecule has 3 fully saturated rings. The molecule has 4 aliphatic rings. The Morgan fingerprint density at radius 2 is 1.54 bits per heavy atom. The molecule has 3 heterocycles. The monoisotopic (exact) mass is 318 g/mol. The summed E-state index contributed by atoms with van der Waals surface area (Å²) >= 11 is 0. The van der Waals surface area contributed by atoms with Crippen LogP contribution in [0.2, 0.25) is 0 Å². The third kappa shape index (κ3) is 2.04. The second kappa shape index (κ2) is 5.18. The third-order valence-corrected chi connectivity index (χ3v) is 5.94. The summed E-state index contributed by atoms with van der Waals surface area (Å²) in [5.41, 5.74) is 6.31. The van der Waals surface area contributed by atoms with Gasteiger partial charge in [-0.25, -0.2) is 0 Å². The normalized spacial score (nSPS) is 24.7. The number of ketones is 1. The van der Waals surface area contributed by atoms with Crippen LogP contribution in [0.15, 0.2) is 36.4 Å². The molecule has 2 bridgehead atoms. The van der Waals surface area contributed by atoms with Crippen LogP contribution >= 0.6 is 0 Å². The minimum Gasteiger partial charge on any atom is -0.367 e. The molecule has 3 nitrogen and oxygen atoms in total. The van der Waals surface area contributed by atoms with Gasteiger partial charge < -0.3 is 9.80 Å². The van der Waals surface area contributed by atoms with Crippen LogP contribution in [0.1, 0.15) is 34.3 Å². The molecule has 122 valence electrons. The summed E-state index contributed by atoms with van der Waals surface area (Å²) in [7, 11) is 0. The zero-order valence-electron chi connectivity index (χ0n) is 14.1. The fourth-order valence-corrected chi connectivity index (χ4v) is 4.59. The molecule has 0 spiro atoms. The maximum absolute atomic E-state index is 12.9. The molecule has 0 saturated carbocycles. The van der Waals surface area contributed by atoms with E-state index in [0.717, 1.165) is 40.9 Å². The molecule has 3 aliphatic heterocycles. The number of anilines is 1. The van der Waals surface area contributed by atoms with Gasteiger partial charge in [0.2, 0.25) is 0 Å². The summed E-state index contributed by atoms with van der Waals surface area (Å²) in [5.74, 6) is 0.188. The van der Waals surface area contributed by atoms with Gasteiger partial charge in [0.05, 0.1) is 0 Å². The number of nitrogens with zero attached hydrogens (tertiary/aromatic N) is 2. The Morgan fingerprint density at radius 1 is 0.833 bits per heavy atom. The molecule has 2 aromatic carbocycles. The van der Waals surface area contributed by atoms with Crippen molar-refractivity contribution in [2.75, 3.05) is 31.1 Å². The van der Waals surface area contributed by atoms with Crippen LogP contribution in [0.3, 0.4) is 0 Å². The Bertz CT molecular complexity index is 834. The average Bonchev–Trinajstić information content (AvgIpc) is 2.80. The molecular formula is C21H22N2O. The number of carbonyl (C=O) groups is 1. The molecule has 2 aromatic rings. The van der Waals surface area contributed by atoms with E-state index in [2.05, 4.69) is 40.1 Å². The van der Waals surface area contributed by atoms with Gasteiger partial charge >= 0.3 is 0 Å². The van der Waals surface area contributed by atoms with Gasteiger partial charge in [-0.2, -0.15) is 0 Å². The highest BCUT2D eigenvalue weighted by molar-refractivity contribution is 6.22. The minimum absolute atomic E-state index is 0.188. The fraction of sp³-hybridized carbons (Fsp3) is 0.381. The van der Waals surface area contributed by atoms with Crippen molar-refractivity contribution in [3.05, 3.63) is 53.1 Å². The SMILES string of the molecule is Cc1ccc2c(c1)C(=O)c1cc(N3CCN4CCC3CC4)ccc1-2. The number of benzene rings is 2. The standard InChI is InChI=1S/C21H22N2O/c1-14-2-4-17-18-5-3-16(13-20(18)21(24)19(17)12-14)23-11-10-22-8-6-15(23)7-9-22/h2-5,12-13,15H,6-11H2,1H3. The topological polar surface area (TPSA) is 23.6 Å². The number of fused-ring (bicyclic) bond motifs is 7. The predicted octanol–water partition coefficient (Wildman–Crippen LogP) is 3.49. The lowest BCUT2D eigenvalue weighted by molar-refractivity contribution is 0.104. The Balaban J connectivity index is 1.56. The van der Waals surface area contributed by atoms with Crippen LogP contribution < -0.4 is 4.90 Å². The van der Waals surface area contributed by atoms with Crippen molar-refractivity contribution >= 4 is 11.5 Å². The van der Waals surface area contributed by atoms with Crippen molar-refractivity contribution < 1.29 is 4.79 Å². The highest BCUT2D eigenvalue weighted by atomic mass is 16.1. The third-order valence-electron chi connectivity index (χ3n) is 5.94. The molecule has 3 saturated heterocycles. The van der Waals surface area contributed by atoms with Gasteiger partial charge in [0.1, 0.15) is 0 Å². The fourth-order valence-electron chi connectivity index (χ4n) is 4.59. The first-order valence-electron chi connectivity index (χ1n) is 8.99. The average molecular weight is 318 g/mol. The quantitative estimate of drug-likeness (QED) is 0.686. The molecule has 3 heteroatoms. The van der Waals surface area contributed by atoms with Crippen molar-refractivity contribution in [1.82, 2.24) is 4.90 Å². The predicted molar refractivity (Wildman–Crippen MR) is 96.9 cm³/mol. The maximum Gasteiger partial charge on any atom is 0.194 e. The van der Waals surface area contributed by atoms with Gasteiger partial charge in [-0.1, -0.05) is 23.8 Å². The number of hydrogen-bond donors (Lipinski definition) is 0.